The zero-order valence-corrected chi connectivity index (χ0v) is 14.8. The third-order valence-electron chi connectivity index (χ3n) is 3.94. The predicted molar refractivity (Wildman–Crippen MR) is 98.0 cm³/mol. The van der Waals surface area contributed by atoms with E-state index in [1.807, 2.05) is 41.0 Å². The van der Waals surface area contributed by atoms with Crippen LogP contribution in [0.5, 0.6) is 0 Å². The third kappa shape index (κ3) is 3.08. The summed E-state index contributed by atoms with van der Waals surface area (Å²) in [6.07, 6.45) is 2.15. The number of benzene rings is 2. The van der Waals surface area contributed by atoms with Crippen molar-refractivity contribution in [1.82, 2.24) is 9.55 Å². The van der Waals surface area contributed by atoms with Crippen molar-refractivity contribution >= 4 is 38.6 Å². The summed E-state index contributed by atoms with van der Waals surface area (Å²) in [5.74, 6) is 0.803. The van der Waals surface area contributed by atoms with Crippen LogP contribution in [0.3, 0.4) is 0 Å². The van der Waals surface area contributed by atoms with Gasteiger partial charge in [-0.2, -0.15) is 0 Å². The first kappa shape index (κ1) is 15.0. The molecule has 3 nitrogen and oxygen atoms in total. The van der Waals surface area contributed by atoms with Gasteiger partial charge in [0.2, 0.25) is 0 Å². The zero-order chi connectivity index (χ0) is 15.8. The molecule has 0 aliphatic heterocycles. The van der Waals surface area contributed by atoms with E-state index < -0.39 is 0 Å². The molecule has 0 spiro atoms. The van der Waals surface area contributed by atoms with Crippen molar-refractivity contribution in [3.8, 4) is 0 Å². The normalized spacial score (nSPS) is 14.3. The highest BCUT2D eigenvalue weighted by Crippen LogP contribution is 2.37. The summed E-state index contributed by atoms with van der Waals surface area (Å²) in [6, 6.07) is 16.2. The maximum absolute atomic E-state index is 12.8. The highest BCUT2D eigenvalue weighted by atomic mass is 79.9. The molecule has 0 N–H and O–H groups in total. The molecule has 0 amide bonds. The van der Waals surface area contributed by atoms with E-state index >= 15 is 0 Å². The summed E-state index contributed by atoms with van der Waals surface area (Å²) in [5, 5.41) is 1.54. The lowest BCUT2D eigenvalue weighted by atomic mass is 10.2. The lowest BCUT2D eigenvalue weighted by Gasteiger charge is -2.12. The second kappa shape index (κ2) is 6.13. The number of hydrogen-bond donors (Lipinski definition) is 0. The molecule has 23 heavy (non-hydrogen) atoms. The first-order chi connectivity index (χ1) is 11.2. The van der Waals surface area contributed by atoms with E-state index in [4.69, 9.17) is 4.98 Å². The summed E-state index contributed by atoms with van der Waals surface area (Å²) in [6.45, 7) is 0. The Bertz CT molecular complexity index is 934. The van der Waals surface area contributed by atoms with Crippen molar-refractivity contribution in [3.05, 3.63) is 68.9 Å². The smallest absolute Gasteiger partial charge is 0.262 e. The standard InChI is InChI=1S/C18H15BrN2OS/c19-13-5-3-4-12(10-13)11-23-18-20-16-7-2-1-6-15(16)17(22)21(18)14-8-9-14/h1-7,10,14H,8-9,11H2. The lowest BCUT2D eigenvalue weighted by molar-refractivity contribution is 0.618. The number of fused-ring (bicyclic) bond motifs is 1. The van der Waals surface area contributed by atoms with Crippen LogP contribution in [0.1, 0.15) is 24.4 Å². The van der Waals surface area contributed by atoms with Gasteiger partial charge in [-0.05, 0) is 42.7 Å². The average Bonchev–Trinajstić information content (AvgIpc) is 3.38. The molecule has 2 aromatic carbocycles. The molecular weight excluding hydrogens is 372 g/mol. The van der Waals surface area contributed by atoms with Gasteiger partial charge in [0.25, 0.3) is 5.56 Å². The Morgan fingerprint density at radius 1 is 1.17 bits per heavy atom. The highest BCUT2D eigenvalue weighted by Gasteiger charge is 2.28. The largest absolute Gasteiger partial charge is 0.284 e. The van der Waals surface area contributed by atoms with Crippen LogP contribution in [0, 0.1) is 0 Å². The molecule has 116 valence electrons. The Kier molecular flexibility index (Phi) is 3.99. The molecule has 0 unspecified atom stereocenters. The molecule has 0 saturated heterocycles. The number of hydrogen-bond acceptors (Lipinski definition) is 3. The summed E-state index contributed by atoms with van der Waals surface area (Å²) in [5.41, 5.74) is 2.09. The quantitative estimate of drug-likeness (QED) is 0.477. The Labute approximate surface area is 146 Å². The summed E-state index contributed by atoms with van der Waals surface area (Å²) in [7, 11) is 0. The SMILES string of the molecule is O=c1c2ccccc2nc(SCc2cccc(Br)c2)n1C1CC1. The minimum Gasteiger partial charge on any atom is -0.284 e. The second-order valence-corrected chi connectivity index (χ2v) is 7.59. The van der Waals surface area contributed by atoms with Crippen LogP contribution < -0.4 is 5.56 Å². The van der Waals surface area contributed by atoms with Crippen molar-refractivity contribution < 1.29 is 0 Å². The molecule has 0 radical (unpaired) electrons. The Hall–Kier alpha value is -1.59. The molecule has 1 saturated carbocycles. The van der Waals surface area contributed by atoms with Gasteiger partial charge >= 0.3 is 0 Å². The number of rotatable bonds is 4. The van der Waals surface area contributed by atoms with E-state index in [0.717, 1.165) is 33.7 Å². The van der Waals surface area contributed by atoms with Crippen LogP contribution in [-0.2, 0) is 5.75 Å². The first-order valence-electron chi connectivity index (χ1n) is 7.61. The monoisotopic (exact) mass is 386 g/mol. The van der Waals surface area contributed by atoms with Crippen LogP contribution in [0.2, 0.25) is 0 Å². The Balaban J connectivity index is 1.73. The molecule has 3 aromatic rings. The molecule has 0 bridgehead atoms. The Morgan fingerprint density at radius 2 is 2.00 bits per heavy atom. The van der Waals surface area contributed by atoms with Crippen LogP contribution in [0.25, 0.3) is 10.9 Å². The topological polar surface area (TPSA) is 34.9 Å². The Morgan fingerprint density at radius 3 is 2.78 bits per heavy atom. The number of para-hydroxylation sites is 1. The molecule has 1 fully saturated rings. The van der Waals surface area contributed by atoms with Crippen molar-refractivity contribution in [3.63, 3.8) is 0 Å². The van der Waals surface area contributed by atoms with Gasteiger partial charge in [-0.15, -0.1) is 0 Å². The number of thioether (sulfide) groups is 1. The molecule has 0 atom stereocenters. The van der Waals surface area contributed by atoms with Crippen molar-refractivity contribution in [1.29, 1.82) is 0 Å². The van der Waals surface area contributed by atoms with Crippen LogP contribution in [0.15, 0.2) is 63.0 Å². The van der Waals surface area contributed by atoms with Gasteiger partial charge in [-0.25, -0.2) is 4.98 Å². The van der Waals surface area contributed by atoms with Gasteiger partial charge in [0.1, 0.15) is 0 Å². The maximum atomic E-state index is 12.8. The molecule has 4 rings (SSSR count). The van der Waals surface area contributed by atoms with E-state index in [-0.39, 0.29) is 5.56 Å². The fourth-order valence-electron chi connectivity index (χ4n) is 2.66. The van der Waals surface area contributed by atoms with E-state index in [0.29, 0.717) is 11.4 Å². The molecule has 1 aromatic heterocycles. The number of aromatic nitrogens is 2. The van der Waals surface area contributed by atoms with E-state index in [9.17, 15) is 4.79 Å². The molecule has 1 aliphatic carbocycles. The third-order valence-corrected chi connectivity index (χ3v) is 5.46. The molecular formula is C18H15BrN2OS. The van der Waals surface area contributed by atoms with E-state index in [2.05, 4.69) is 28.1 Å². The zero-order valence-electron chi connectivity index (χ0n) is 12.4. The number of halogens is 1. The molecule has 1 heterocycles. The van der Waals surface area contributed by atoms with Gasteiger partial charge < -0.3 is 0 Å². The fraction of sp³-hybridized carbons (Fsp3) is 0.222. The van der Waals surface area contributed by atoms with Gasteiger partial charge in [-0.3, -0.25) is 9.36 Å². The second-order valence-electron chi connectivity index (χ2n) is 5.74. The summed E-state index contributed by atoms with van der Waals surface area (Å²) < 4.78 is 2.96. The van der Waals surface area contributed by atoms with Crippen molar-refractivity contribution in [2.45, 2.75) is 29.8 Å². The predicted octanol–water partition coefficient (Wildman–Crippen LogP) is 4.79. The minimum absolute atomic E-state index is 0.0924. The first-order valence-corrected chi connectivity index (χ1v) is 9.39. The fourth-order valence-corrected chi connectivity index (χ4v) is 4.11. The van der Waals surface area contributed by atoms with Gasteiger partial charge in [0.05, 0.1) is 10.9 Å². The summed E-state index contributed by atoms with van der Waals surface area (Å²) in [4.78, 5) is 17.5. The highest BCUT2D eigenvalue weighted by molar-refractivity contribution is 9.10. The van der Waals surface area contributed by atoms with Gasteiger partial charge in [0.15, 0.2) is 5.16 Å². The van der Waals surface area contributed by atoms with Crippen molar-refractivity contribution in [2.75, 3.05) is 0 Å². The maximum Gasteiger partial charge on any atom is 0.262 e. The molecule has 1 aliphatic rings. The average molecular weight is 387 g/mol. The van der Waals surface area contributed by atoms with E-state index in [1.54, 1.807) is 11.8 Å². The van der Waals surface area contributed by atoms with Crippen molar-refractivity contribution in [2.24, 2.45) is 0 Å². The number of nitrogens with zero attached hydrogens (tertiary/aromatic N) is 2. The van der Waals surface area contributed by atoms with Crippen LogP contribution in [-0.4, -0.2) is 9.55 Å². The van der Waals surface area contributed by atoms with Crippen LogP contribution in [0.4, 0.5) is 0 Å². The van der Waals surface area contributed by atoms with Gasteiger partial charge in [-0.1, -0.05) is 52.0 Å². The summed E-state index contributed by atoms with van der Waals surface area (Å²) >= 11 is 5.14. The van der Waals surface area contributed by atoms with Crippen LogP contribution >= 0.6 is 27.7 Å². The van der Waals surface area contributed by atoms with E-state index in [1.165, 1.54) is 5.56 Å². The minimum atomic E-state index is 0.0924. The lowest BCUT2D eigenvalue weighted by Crippen LogP contribution is -2.22. The van der Waals surface area contributed by atoms with Gasteiger partial charge in [0, 0.05) is 16.3 Å². The molecule has 5 heteroatoms.